The number of anilines is 1. The van der Waals surface area contributed by atoms with Gasteiger partial charge in [0.1, 0.15) is 12.4 Å². The highest BCUT2D eigenvalue weighted by Gasteiger charge is 2.31. The van der Waals surface area contributed by atoms with Gasteiger partial charge in [0.25, 0.3) is 5.91 Å². The van der Waals surface area contributed by atoms with Gasteiger partial charge < -0.3 is 24.6 Å². The molecule has 1 N–H and O–H groups in total. The summed E-state index contributed by atoms with van der Waals surface area (Å²) in [5, 5.41) is 2.89. The average Bonchev–Trinajstić information content (AvgIpc) is 3.58. The molecule has 0 saturated heterocycles. The van der Waals surface area contributed by atoms with Crippen LogP contribution in [-0.4, -0.2) is 73.5 Å². The maximum Gasteiger partial charge on any atom is 0.257 e. The second-order valence-corrected chi connectivity index (χ2v) is 8.74. The highest BCUT2D eigenvalue weighted by molar-refractivity contribution is 6.00. The molecule has 0 spiro atoms. The summed E-state index contributed by atoms with van der Waals surface area (Å²) < 4.78 is 11.7. The van der Waals surface area contributed by atoms with Crippen molar-refractivity contribution in [3.05, 3.63) is 23.8 Å². The summed E-state index contributed by atoms with van der Waals surface area (Å²) >= 11 is 0. The van der Waals surface area contributed by atoms with Crippen LogP contribution in [-0.2, 0) is 14.3 Å². The van der Waals surface area contributed by atoms with Crippen LogP contribution in [0.15, 0.2) is 18.2 Å². The van der Waals surface area contributed by atoms with Crippen LogP contribution >= 0.6 is 0 Å². The van der Waals surface area contributed by atoms with Gasteiger partial charge in [-0.2, -0.15) is 0 Å². The lowest BCUT2D eigenvalue weighted by atomic mass is 10.0. The van der Waals surface area contributed by atoms with E-state index in [0.717, 1.165) is 12.8 Å². The number of carbonyl (C=O) groups excluding carboxylic acids is 3. The molecule has 1 aliphatic carbocycles. The summed E-state index contributed by atoms with van der Waals surface area (Å²) in [5.74, 6) is 0.265. The van der Waals surface area contributed by atoms with Gasteiger partial charge in [-0.15, -0.1) is 0 Å². The fourth-order valence-corrected chi connectivity index (χ4v) is 3.88. The first-order valence-electron chi connectivity index (χ1n) is 10.8. The van der Waals surface area contributed by atoms with Crippen molar-refractivity contribution in [2.24, 2.45) is 11.8 Å². The third kappa shape index (κ3) is 5.55. The van der Waals surface area contributed by atoms with Gasteiger partial charge in [-0.25, -0.2) is 0 Å². The van der Waals surface area contributed by atoms with Crippen LogP contribution in [0.2, 0.25) is 0 Å². The zero-order valence-electron chi connectivity index (χ0n) is 19.0. The molecule has 1 fully saturated rings. The first-order chi connectivity index (χ1) is 14.7. The van der Waals surface area contributed by atoms with Crippen LogP contribution in [0.4, 0.5) is 5.69 Å². The van der Waals surface area contributed by atoms with Crippen LogP contribution in [0.25, 0.3) is 0 Å². The first kappa shape index (κ1) is 23.1. The second-order valence-electron chi connectivity index (χ2n) is 8.74. The predicted molar refractivity (Wildman–Crippen MR) is 117 cm³/mol. The summed E-state index contributed by atoms with van der Waals surface area (Å²) in [7, 11) is 3.34. The molecule has 8 heteroatoms. The Morgan fingerprint density at radius 3 is 2.52 bits per heavy atom. The Hall–Kier alpha value is -2.61. The Labute approximate surface area is 183 Å². The minimum atomic E-state index is -0.232. The number of likely N-dealkylation sites (N-methyl/N-ethyl adjacent to an activating group) is 1. The normalized spacial score (nSPS) is 25.1. The van der Waals surface area contributed by atoms with Crippen LogP contribution in [0, 0.1) is 11.8 Å². The monoisotopic (exact) mass is 431 g/mol. The number of nitrogens with zero attached hydrogens (tertiary/aromatic N) is 2. The Morgan fingerprint density at radius 2 is 1.90 bits per heavy atom. The van der Waals surface area contributed by atoms with Crippen LogP contribution in [0.3, 0.4) is 0 Å². The van der Waals surface area contributed by atoms with Crippen molar-refractivity contribution < 1.29 is 23.9 Å². The molecule has 3 atom stereocenters. The SMILES string of the molecule is CO[C@@H]1CN(C)C(=O)c2cc(NC(=O)C3CC3)ccc2OC[C@@H](C)N(C(C)=O)C[C@@H]1C. The maximum absolute atomic E-state index is 13.3. The molecule has 170 valence electrons. The standard InChI is InChI=1S/C23H33N3O5/c1-14-11-26(16(3)27)15(2)13-31-20-9-8-18(24-22(28)17-6-7-17)10-19(20)23(29)25(4)12-21(14)30-5/h8-10,14-15,17,21H,6-7,11-13H2,1-5H3,(H,24,28)/t14-,15+,21+/m0/s1. The van der Waals surface area contributed by atoms with Gasteiger partial charge in [-0.3, -0.25) is 14.4 Å². The van der Waals surface area contributed by atoms with Crippen LogP contribution in [0.1, 0.15) is 44.0 Å². The van der Waals surface area contributed by atoms with E-state index < -0.39 is 0 Å². The van der Waals surface area contributed by atoms with Gasteiger partial charge in [0.2, 0.25) is 11.8 Å². The Bertz CT molecular complexity index is 839. The summed E-state index contributed by atoms with van der Waals surface area (Å²) in [6, 6.07) is 4.94. The van der Waals surface area contributed by atoms with Crippen LogP contribution in [0.5, 0.6) is 5.75 Å². The van der Waals surface area contributed by atoms with E-state index in [0.29, 0.717) is 30.1 Å². The number of nitrogens with one attached hydrogen (secondary N) is 1. The fraction of sp³-hybridized carbons (Fsp3) is 0.609. The highest BCUT2D eigenvalue weighted by Crippen LogP contribution is 2.31. The Balaban J connectivity index is 1.93. The topological polar surface area (TPSA) is 88.2 Å². The molecule has 0 unspecified atom stereocenters. The van der Waals surface area contributed by atoms with E-state index in [9.17, 15) is 14.4 Å². The average molecular weight is 432 g/mol. The molecule has 0 bridgehead atoms. The predicted octanol–water partition coefficient (Wildman–Crippen LogP) is 2.39. The number of hydrogen-bond donors (Lipinski definition) is 1. The first-order valence-corrected chi connectivity index (χ1v) is 10.8. The Morgan fingerprint density at radius 1 is 1.19 bits per heavy atom. The van der Waals surface area contributed by atoms with Crippen molar-refractivity contribution in [3.63, 3.8) is 0 Å². The minimum Gasteiger partial charge on any atom is -0.491 e. The number of rotatable bonds is 3. The van der Waals surface area contributed by atoms with Crippen LogP contribution < -0.4 is 10.1 Å². The molecule has 31 heavy (non-hydrogen) atoms. The van der Waals surface area contributed by atoms with Gasteiger partial charge in [-0.1, -0.05) is 6.92 Å². The molecule has 3 rings (SSSR count). The van der Waals surface area contributed by atoms with Gasteiger partial charge in [0, 0.05) is 51.7 Å². The van der Waals surface area contributed by atoms with E-state index in [1.54, 1.807) is 49.1 Å². The summed E-state index contributed by atoms with van der Waals surface area (Å²) in [4.78, 5) is 41.1. The molecule has 1 heterocycles. The number of amides is 3. The maximum atomic E-state index is 13.3. The minimum absolute atomic E-state index is 0.0196. The molecule has 1 aromatic rings. The summed E-state index contributed by atoms with van der Waals surface area (Å²) in [5.41, 5.74) is 0.948. The van der Waals surface area contributed by atoms with Gasteiger partial charge >= 0.3 is 0 Å². The lowest BCUT2D eigenvalue weighted by Crippen LogP contribution is -2.48. The third-order valence-electron chi connectivity index (χ3n) is 6.06. The highest BCUT2D eigenvalue weighted by atomic mass is 16.5. The van der Waals surface area contributed by atoms with Gasteiger partial charge in [-0.05, 0) is 38.0 Å². The summed E-state index contributed by atoms with van der Waals surface area (Å²) in [6.45, 7) is 6.63. The van der Waals surface area contributed by atoms with E-state index >= 15 is 0 Å². The van der Waals surface area contributed by atoms with Crippen molar-refractivity contribution in [2.75, 3.05) is 39.2 Å². The quantitative estimate of drug-likeness (QED) is 0.794. The van der Waals surface area contributed by atoms with Crippen molar-refractivity contribution in [1.29, 1.82) is 0 Å². The van der Waals surface area contributed by atoms with Crippen molar-refractivity contribution in [3.8, 4) is 5.75 Å². The molecule has 0 radical (unpaired) electrons. The summed E-state index contributed by atoms with van der Waals surface area (Å²) in [6.07, 6.45) is 1.58. The smallest absolute Gasteiger partial charge is 0.257 e. The van der Waals surface area contributed by atoms with E-state index in [2.05, 4.69) is 5.32 Å². The van der Waals surface area contributed by atoms with Gasteiger partial charge in [0.05, 0.1) is 17.7 Å². The van der Waals surface area contributed by atoms with Crippen molar-refractivity contribution in [1.82, 2.24) is 9.80 Å². The molecule has 0 aromatic heterocycles. The van der Waals surface area contributed by atoms with Crippen molar-refractivity contribution in [2.45, 2.75) is 45.8 Å². The number of hydrogen-bond acceptors (Lipinski definition) is 5. The zero-order valence-corrected chi connectivity index (χ0v) is 19.0. The van der Waals surface area contributed by atoms with E-state index in [-0.39, 0.29) is 48.3 Å². The fourth-order valence-electron chi connectivity index (χ4n) is 3.88. The largest absolute Gasteiger partial charge is 0.491 e. The van der Waals surface area contributed by atoms with E-state index in [1.807, 2.05) is 13.8 Å². The lowest BCUT2D eigenvalue weighted by molar-refractivity contribution is -0.133. The number of ether oxygens (including phenoxy) is 2. The number of carbonyl (C=O) groups is 3. The van der Waals surface area contributed by atoms with E-state index in [4.69, 9.17) is 9.47 Å². The van der Waals surface area contributed by atoms with Crippen molar-refractivity contribution >= 4 is 23.4 Å². The third-order valence-corrected chi connectivity index (χ3v) is 6.06. The molecule has 8 nitrogen and oxygen atoms in total. The second kappa shape index (κ2) is 9.68. The van der Waals surface area contributed by atoms with Gasteiger partial charge in [0.15, 0.2) is 0 Å². The number of benzene rings is 1. The molecular formula is C23H33N3O5. The zero-order chi connectivity index (χ0) is 22.7. The number of methoxy groups -OCH3 is 1. The lowest BCUT2D eigenvalue weighted by Gasteiger charge is -2.35. The molecule has 2 aliphatic rings. The molecule has 1 aromatic carbocycles. The molecule has 1 saturated carbocycles. The van der Waals surface area contributed by atoms with E-state index in [1.165, 1.54) is 0 Å². The molecule has 1 aliphatic heterocycles. The molecular weight excluding hydrogens is 398 g/mol. The number of fused-ring (bicyclic) bond motifs is 1. The molecule has 3 amide bonds. The Kier molecular flexibility index (Phi) is 7.20.